The number of carbonyl (C=O) groups is 3. The Bertz CT molecular complexity index is 904. The normalized spacial score (nSPS) is 11.8. The Labute approximate surface area is 163 Å². The van der Waals surface area contributed by atoms with E-state index in [1.54, 1.807) is 20.8 Å². The molecule has 0 fully saturated rings. The quantitative estimate of drug-likeness (QED) is 0.580. The Morgan fingerprint density at radius 1 is 1.25 bits per heavy atom. The van der Waals surface area contributed by atoms with Crippen LogP contribution in [-0.4, -0.2) is 47.2 Å². The Kier molecular flexibility index (Phi) is 6.72. The summed E-state index contributed by atoms with van der Waals surface area (Å²) >= 11 is 0. The van der Waals surface area contributed by atoms with Crippen LogP contribution in [0.2, 0.25) is 0 Å². The molecule has 0 spiro atoms. The largest absolute Gasteiger partial charge is 0.464 e. The van der Waals surface area contributed by atoms with E-state index in [1.165, 1.54) is 30.2 Å². The summed E-state index contributed by atoms with van der Waals surface area (Å²) < 4.78 is 18.3. The third kappa shape index (κ3) is 4.13. The lowest BCUT2D eigenvalue weighted by Gasteiger charge is -2.28. The molecule has 150 valence electrons. The van der Waals surface area contributed by atoms with Crippen molar-refractivity contribution >= 4 is 17.7 Å². The van der Waals surface area contributed by atoms with Gasteiger partial charge in [0.25, 0.3) is 5.91 Å². The second kappa shape index (κ2) is 8.82. The van der Waals surface area contributed by atoms with E-state index in [0.717, 1.165) is 6.07 Å². The highest BCUT2D eigenvalue weighted by Gasteiger charge is 2.31. The zero-order chi connectivity index (χ0) is 21.0. The number of ketones is 1. The first kappa shape index (κ1) is 21.3. The number of methoxy groups -OCH3 is 1. The topological polar surface area (TPSA) is 79.5 Å². The van der Waals surface area contributed by atoms with E-state index in [-0.39, 0.29) is 17.0 Å². The van der Waals surface area contributed by atoms with Gasteiger partial charge in [-0.05, 0) is 51.0 Å². The lowest BCUT2D eigenvalue weighted by atomic mass is 9.99. The van der Waals surface area contributed by atoms with Crippen molar-refractivity contribution in [2.75, 3.05) is 13.7 Å². The number of H-pyrrole nitrogens is 1. The molecule has 0 saturated carbocycles. The van der Waals surface area contributed by atoms with Crippen LogP contribution in [0, 0.1) is 19.7 Å². The van der Waals surface area contributed by atoms with Crippen LogP contribution in [0.5, 0.6) is 0 Å². The van der Waals surface area contributed by atoms with Crippen LogP contribution < -0.4 is 0 Å². The highest BCUT2D eigenvalue weighted by molar-refractivity contribution is 6.07. The van der Waals surface area contributed by atoms with E-state index in [1.807, 2.05) is 6.92 Å². The number of Topliss-reactive ketones (excluding diaryl/α,β-unsaturated/α-hetero) is 1. The van der Waals surface area contributed by atoms with Gasteiger partial charge < -0.3 is 14.6 Å². The van der Waals surface area contributed by atoms with Crippen LogP contribution in [-0.2, 0) is 4.74 Å². The molecule has 0 saturated heterocycles. The number of nitrogens with one attached hydrogen (secondary N) is 1. The van der Waals surface area contributed by atoms with Crippen molar-refractivity contribution in [2.45, 2.75) is 40.2 Å². The molecule has 2 rings (SSSR count). The molecule has 6 nitrogen and oxygen atoms in total. The molecule has 28 heavy (non-hydrogen) atoms. The summed E-state index contributed by atoms with van der Waals surface area (Å²) in [7, 11) is 1.27. The number of carbonyl (C=O) groups excluding carboxylic acids is 3. The second-order valence-electron chi connectivity index (χ2n) is 6.67. The van der Waals surface area contributed by atoms with Gasteiger partial charge in [-0.15, -0.1) is 0 Å². The van der Waals surface area contributed by atoms with Crippen LogP contribution in [0.3, 0.4) is 0 Å². The van der Waals surface area contributed by atoms with Gasteiger partial charge in [-0.3, -0.25) is 9.59 Å². The zero-order valence-electron chi connectivity index (χ0n) is 16.8. The third-order valence-electron chi connectivity index (χ3n) is 4.72. The van der Waals surface area contributed by atoms with Gasteiger partial charge in [0.2, 0.25) is 0 Å². The Morgan fingerprint density at radius 2 is 1.93 bits per heavy atom. The number of halogens is 1. The summed E-state index contributed by atoms with van der Waals surface area (Å²) in [6, 6.07) is 4.62. The van der Waals surface area contributed by atoms with E-state index in [4.69, 9.17) is 4.74 Å². The molecule has 1 atom stereocenters. The van der Waals surface area contributed by atoms with Crippen LogP contribution in [0.4, 0.5) is 4.39 Å². The summed E-state index contributed by atoms with van der Waals surface area (Å²) in [5.74, 6) is -1.78. The summed E-state index contributed by atoms with van der Waals surface area (Å²) in [6.07, 6.45) is 0.636. The molecule has 1 amide bonds. The van der Waals surface area contributed by atoms with Gasteiger partial charge in [0.1, 0.15) is 11.5 Å². The maximum atomic E-state index is 13.5. The number of benzene rings is 1. The van der Waals surface area contributed by atoms with Crippen molar-refractivity contribution in [2.24, 2.45) is 0 Å². The first-order valence-corrected chi connectivity index (χ1v) is 9.11. The van der Waals surface area contributed by atoms with Gasteiger partial charge in [0, 0.05) is 23.4 Å². The number of aryl methyl sites for hydroxylation is 1. The van der Waals surface area contributed by atoms with E-state index in [0.29, 0.717) is 29.8 Å². The molecule has 0 aliphatic rings. The molecular formula is C21H25FN2O4. The second-order valence-corrected chi connectivity index (χ2v) is 6.67. The van der Waals surface area contributed by atoms with Crippen molar-refractivity contribution in [1.82, 2.24) is 9.88 Å². The molecule has 2 aromatic rings. The molecular weight excluding hydrogens is 363 g/mol. The number of amides is 1. The van der Waals surface area contributed by atoms with Crippen LogP contribution in [0.25, 0.3) is 0 Å². The van der Waals surface area contributed by atoms with Crippen LogP contribution >= 0.6 is 0 Å². The maximum Gasteiger partial charge on any atom is 0.354 e. The number of aromatic nitrogens is 1. The van der Waals surface area contributed by atoms with Crippen LogP contribution in [0.15, 0.2) is 24.3 Å². The molecule has 7 heteroatoms. The zero-order valence-corrected chi connectivity index (χ0v) is 16.8. The van der Waals surface area contributed by atoms with Crippen molar-refractivity contribution in [1.29, 1.82) is 0 Å². The maximum absolute atomic E-state index is 13.5. The lowest BCUT2D eigenvalue weighted by molar-refractivity contribution is 0.0592. The number of hydrogen-bond donors (Lipinski definition) is 1. The molecule has 0 unspecified atom stereocenters. The monoisotopic (exact) mass is 388 g/mol. The molecule has 1 heterocycles. The molecule has 0 aliphatic heterocycles. The fraction of sp³-hybridized carbons (Fsp3) is 0.381. The Morgan fingerprint density at radius 3 is 2.50 bits per heavy atom. The first-order valence-electron chi connectivity index (χ1n) is 9.11. The number of rotatable bonds is 7. The van der Waals surface area contributed by atoms with Crippen molar-refractivity contribution in [3.8, 4) is 0 Å². The van der Waals surface area contributed by atoms with Crippen molar-refractivity contribution < 1.29 is 23.5 Å². The highest BCUT2D eigenvalue weighted by atomic mass is 19.1. The summed E-state index contributed by atoms with van der Waals surface area (Å²) in [5, 5.41) is 0. The standard InChI is InChI=1S/C21H25FN2O4/c1-6-10-24(20(26)15-8-7-9-16(22)11-15)14(4)19(25)17-12(2)18(21(27)28-5)23-13(17)3/h7-9,11,14,23H,6,10H2,1-5H3/t14-/m0/s1. The molecule has 1 aromatic carbocycles. The van der Waals surface area contributed by atoms with Gasteiger partial charge in [0.05, 0.1) is 13.2 Å². The Balaban J connectivity index is 2.39. The van der Waals surface area contributed by atoms with Gasteiger partial charge >= 0.3 is 5.97 Å². The van der Waals surface area contributed by atoms with Crippen LogP contribution in [0.1, 0.15) is 62.7 Å². The Hall–Kier alpha value is -2.96. The molecule has 0 bridgehead atoms. The third-order valence-corrected chi connectivity index (χ3v) is 4.72. The minimum atomic E-state index is -0.783. The van der Waals surface area contributed by atoms with E-state index in [2.05, 4.69) is 4.98 Å². The molecule has 0 aliphatic carbocycles. The summed E-state index contributed by atoms with van der Waals surface area (Å²) in [5.41, 5.74) is 1.78. The molecule has 1 N–H and O–H groups in total. The molecule has 1 aromatic heterocycles. The number of aromatic amines is 1. The first-order chi connectivity index (χ1) is 13.2. The fourth-order valence-electron chi connectivity index (χ4n) is 3.28. The van der Waals surface area contributed by atoms with E-state index >= 15 is 0 Å². The van der Waals surface area contributed by atoms with Gasteiger partial charge in [-0.1, -0.05) is 13.0 Å². The van der Waals surface area contributed by atoms with Gasteiger partial charge in [-0.2, -0.15) is 0 Å². The average molecular weight is 388 g/mol. The van der Waals surface area contributed by atoms with E-state index < -0.39 is 23.7 Å². The minimum absolute atomic E-state index is 0.186. The predicted molar refractivity (Wildman–Crippen MR) is 103 cm³/mol. The number of esters is 1. The predicted octanol–water partition coefficient (Wildman–Crippen LogP) is 3.68. The summed E-state index contributed by atoms with van der Waals surface area (Å²) in [4.78, 5) is 42.3. The highest BCUT2D eigenvalue weighted by Crippen LogP contribution is 2.23. The fourth-order valence-corrected chi connectivity index (χ4v) is 3.28. The van der Waals surface area contributed by atoms with Crippen molar-refractivity contribution in [3.05, 3.63) is 58.2 Å². The van der Waals surface area contributed by atoms with Gasteiger partial charge in [0.15, 0.2) is 5.78 Å². The minimum Gasteiger partial charge on any atom is -0.464 e. The molecule has 0 radical (unpaired) electrons. The number of nitrogens with zero attached hydrogens (tertiary/aromatic N) is 1. The summed E-state index contributed by atoms with van der Waals surface area (Å²) in [6.45, 7) is 7.23. The number of ether oxygens (including phenoxy) is 1. The lowest BCUT2D eigenvalue weighted by Crippen LogP contribution is -2.44. The van der Waals surface area contributed by atoms with Gasteiger partial charge in [-0.25, -0.2) is 9.18 Å². The van der Waals surface area contributed by atoms with E-state index in [9.17, 15) is 18.8 Å². The smallest absolute Gasteiger partial charge is 0.354 e. The SMILES string of the molecule is CCCN(C(=O)c1cccc(F)c1)[C@@H](C)C(=O)c1c(C)[nH]c(C(=O)OC)c1C. The number of hydrogen-bond acceptors (Lipinski definition) is 4. The average Bonchev–Trinajstić information content (AvgIpc) is 2.98. The van der Waals surface area contributed by atoms with Crippen molar-refractivity contribution in [3.63, 3.8) is 0 Å².